The third-order valence-corrected chi connectivity index (χ3v) is 4.94. The fraction of sp³-hybridized carbons (Fsp3) is 0.667. The number of carbonyl (C=O) groups is 6. The summed E-state index contributed by atoms with van der Waals surface area (Å²) in [5.41, 5.74) is -1.22. The van der Waals surface area contributed by atoms with Gasteiger partial charge in [0.15, 0.2) is 11.2 Å². The highest BCUT2D eigenvalue weighted by atomic mass is 32.2. The average Bonchev–Trinajstić information content (AvgIpc) is 2.70. The van der Waals surface area contributed by atoms with Crippen LogP contribution in [0.5, 0.6) is 0 Å². The summed E-state index contributed by atoms with van der Waals surface area (Å²) in [4.78, 5) is 71.4. The number of methoxy groups -OCH3 is 1. The summed E-state index contributed by atoms with van der Waals surface area (Å²) in [5.74, 6) is -4.10. The third-order valence-electron chi connectivity index (χ3n) is 4.00. The molecule has 1 fully saturated rings. The fourth-order valence-corrected chi connectivity index (χ4v) is 3.01. The first-order valence-corrected chi connectivity index (χ1v) is 10.2. The van der Waals surface area contributed by atoms with Gasteiger partial charge in [0.05, 0.1) is 13.5 Å². The molecule has 0 bridgehead atoms. The first-order valence-electron chi connectivity index (χ1n) is 9.21. The lowest BCUT2D eigenvalue weighted by Crippen LogP contribution is -2.50. The first-order chi connectivity index (χ1) is 14.1. The van der Waals surface area contributed by atoms with Gasteiger partial charge in [0.2, 0.25) is 5.91 Å². The van der Waals surface area contributed by atoms with Crippen molar-refractivity contribution in [1.82, 2.24) is 10.6 Å². The fourth-order valence-electron chi connectivity index (χ4n) is 2.33. The Morgan fingerprint density at radius 3 is 2.40 bits per heavy atom. The van der Waals surface area contributed by atoms with Gasteiger partial charge in [0.25, 0.3) is 5.91 Å². The molecule has 2 amide bonds. The second-order valence-corrected chi connectivity index (χ2v) is 8.19. The molecule has 1 saturated heterocycles. The van der Waals surface area contributed by atoms with Crippen LogP contribution in [0.25, 0.3) is 0 Å². The molecule has 0 radical (unpaired) electrons. The van der Waals surface area contributed by atoms with Crippen molar-refractivity contribution in [2.45, 2.75) is 39.2 Å². The first kappa shape index (κ1) is 25.4. The topological polar surface area (TPSA) is 154 Å². The quantitative estimate of drug-likeness (QED) is 0.301. The number of cyclic esters (lactones) is 1. The van der Waals surface area contributed by atoms with Gasteiger partial charge >= 0.3 is 17.9 Å². The van der Waals surface area contributed by atoms with Crippen LogP contribution in [0.1, 0.15) is 33.1 Å². The Kier molecular flexibility index (Phi) is 10.3. The smallest absolute Gasteiger partial charge is 0.418 e. The molecule has 0 saturated carbocycles. The van der Waals surface area contributed by atoms with Gasteiger partial charge in [-0.05, 0) is 0 Å². The SMILES string of the molecule is COC(=O)C(=O)O[C@H]1C(=O)NCCC(=O)NCCSC(=O)CCC(=O)OCC1(C)C. The van der Waals surface area contributed by atoms with Crippen molar-refractivity contribution in [3.63, 3.8) is 0 Å². The molecular weight excluding hydrogens is 420 g/mol. The number of carbonyl (C=O) groups excluding carboxylic acids is 6. The molecule has 2 N–H and O–H groups in total. The van der Waals surface area contributed by atoms with Gasteiger partial charge in [-0.1, -0.05) is 25.6 Å². The molecule has 0 aliphatic carbocycles. The van der Waals surface area contributed by atoms with Crippen LogP contribution >= 0.6 is 11.8 Å². The summed E-state index contributed by atoms with van der Waals surface area (Å²) in [6, 6.07) is 0. The monoisotopic (exact) mass is 446 g/mol. The minimum atomic E-state index is -1.51. The van der Waals surface area contributed by atoms with Gasteiger partial charge in [0, 0.05) is 37.1 Å². The number of esters is 3. The number of nitrogens with one attached hydrogen (secondary N) is 2. The van der Waals surface area contributed by atoms with E-state index in [0.717, 1.165) is 18.9 Å². The van der Waals surface area contributed by atoms with E-state index in [1.807, 2.05) is 0 Å². The van der Waals surface area contributed by atoms with Crippen molar-refractivity contribution in [2.75, 3.05) is 32.6 Å². The second-order valence-electron chi connectivity index (χ2n) is 7.04. The van der Waals surface area contributed by atoms with Crippen LogP contribution in [-0.4, -0.2) is 73.5 Å². The average molecular weight is 446 g/mol. The zero-order valence-electron chi connectivity index (χ0n) is 17.1. The zero-order valence-corrected chi connectivity index (χ0v) is 17.9. The Morgan fingerprint density at radius 1 is 1.03 bits per heavy atom. The maximum atomic E-state index is 12.6. The van der Waals surface area contributed by atoms with Gasteiger partial charge in [-0.2, -0.15) is 0 Å². The summed E-state index contributed by atoms with van der Waals surface area (Å²) >= 11 is 1.00. The Balaban J connectivity index is 2.97. The van der Waals surface area contributed by atoms with Gasteiger partial charge < -0.3 is 24.8 Å². The molecule has 1 heterocycles. The maximum absolute atomic E-state index is 12.6. The van der Waals surface area contributed by atoms with Gasteiger partial charge in [-0.3, -0.25) is 19.2 Å². The van der Waals surface area contributed by atoms with E-state index >= 15 is 0 Å². The molecule has 30 heavy (non-hydrogen) atoms. The Labute approximate surface area is 177 Å². The molecule has 1 rings (SSSR count). The Morgan fingerprint density at radius 2 is 1.73 bits per heavy atom. The van der Waals surface area contributed by atoms with Crippen molar-refractivity contribution >= 4 is 46.6 Å². The van der Waals surface area contributed by atoms with Crippen LogP contribution in [-0.2, 0) is 43.0 Å². The lowest BCUT2D eigenvalue weighted by Gasteiger charge is -2.31. The summed E-state index contributed by atoms with van der Waals surface area (Å²) in [6.45, 7) is 2.87. The number of ether oxygens (including phenoxy) is 3. The molecule has 0 aromatic carbocycles. The van der Waals surface area contributed by atoms with Gasteiger partial charge in [0.1, 0.15) is 6.61 Å². The summed E-state index contributed by atoms with van der Waals surface area (Å²) in [5, 5.41) is 4.85. The lowest BCUT2D eigenvalue weighted by molar-refractivity contribution is -0.178. The number of rotatable bonds is 1. The second kappa shape index (κ2) is 12.2. The van der Waals surface area contributed by atoms with Crippen molar-refractivity contribution < 1.29 is 43.0 Å². The zero-order chi connectivity index (χ0) is 22.7. The van der Waals surface area contributed by atoms with Gasteiger partial charge in [-0.25, -0.2) is 9.59 Å². The minimum absolute atomic E-state index is 0.0425. The van der Waals surface area contributed by atoms with E-state index in [2.05, 4.69) is 15.4 Å². The predicted molar refractivity (Wildman–Crippen MR) is 104 cm³/mol. The van der Waals surface area contributed by atoms with Crippen LogP contribution in [0.3, 0.4) is 0 Å². The molecule has 0 unspecified atom stereocenters. The molecule has 12 heteroatoms. The Bertz CT molecular complexity index is 693. The number of thioether (sulfide) groups is 1. The van der Waals surface area contributed by atoms with Crippen molar-refractivity contribution in [3.8, 4) is 0 Å². The molecule has 1 aliphatic rings. The Hall–Kier alpha value is -2.63. The normalized spacial score (nSPS) is 22.0. The van der Waals surface area contributed by atoms with Crippen LogP contribution < -0.4 is 10.6 Å². The van der Waals surface area contributed by atoms with E-state index in [4.69, 9.17) is 9.47 Å². The molecule has 1 atom stereocenters. The van der Waals surface area contributed by atoms with E-state index in [9.17, 15) is 28.8 Å². The highest BCUT2D eigenvalue weighted by molar-refractivity contribution is 8.13. The summed E-state index contributed by atoms with van der Waals surface area (Å²) in [6.07, 6.45) is -1.75. The highest BCUT2D eigenvalue weighted by Crippen LogP contribution is 2.25. The van der Waals surface area contributed by atoms with Crippen LogP contribution in [0.4, 0.5) is 0 Å². The van der Waals surface area contributed by atoms with E-state index in [1.54, 1.807) is 0 Å². The maximum Gasteiger partial charge on any atom is 0.418 e. The van der Waals surface area contributed by atoms with E-state index in [-0.39, 0.29) is 50.0 Å². The molecule has 0 aromatic heterocycles. The van der Waals surface area contributed by atoms with Crippen molar-refractivity contribution in [1.29, 1.82) is 0 Å². The summed E-state index contributed by atoms with van der Waals surface area (Å²) < 4.78 is 14.4. The molecule has 0 spiro atoms. The van der Waals surface area contributed by atoms with Gasteiger partial charge in [-0.15, -0.1) is 0 Å². The van der Waals surface area contributed by atoms with Crippen LogP contribution in [0, 0.1) is 5.41 Å². The van der Waals surface area contributed by atoms with E-state index < -0.39 is 35.3 Å². The molecule has 168 valence electrons. The van der Waals surface area contributed by atoms with E-state index in [0.29, 0.717) is 5.75 Å². The largest absolute Gasteiger partial charge is 0.465 e. The third kappa shape index (κ3) is 8.80. The molecule has 0 aromatic rings. The highest BCUT2D eigenvalue weighted by Gasteiger charge is 2.41. The standard InChI is InChI=1S/C18H26N2O9S/c1-18(2)10-28-12(22)4-5-13(23)30-9-8-19-11(21)6-7-20-15(24)14(18)29-17(26)16(25)27-3/h14H,4-10H2,1-3H3,(H,19,21)(H,20,24)/t14-/m0/s1. The minimum Gasteiger partial charge on any atom is -0.465 e. The van der Waals surface area contributed by atoms with Crippen LogP contribution in [0.15, 0.2) is 0 Å². The number of amides is 2. The van der Waals surface area contributed by atoms with Crippen molar-refractivity contribution in [3.05, 3.63) is 0 Å². The number of hydrogen-bond acceptors (Lipinski definition) is 10. The van der Waals surface area contributed by atoms with Crippen molar-refractivity contribution in [2.24, 2.45) is 5.41 Å². The number of hydrogen-bond donors (Lipinski definition) is 2. The molecule has 11 nitrogen and oxygen atoms in total. The lowest BCUT2D eigenvalue weighted by atomic mass is 9.86. The molecule has 1 aliphatic heterocycles. The molecular formula is C18H26N2O9S. The van der Waals surface area contributed by atoms with Crippen LogP contribution in [0.2, 0.25) is 0 Å². The summed E-state index contributed by atoms with van der Waals surface area (Å²) in [7, 11) is 0.983. The predicted octanol–water partition coefficient (Wildman–Crippen LogP) is -0.683. The van der Waals surface area contributed by atoms with E-state index in [1.165, 1.54) is 13.8 Å².